The van der Waals surface area contributed by atoms with E-state index in [1.807, 2.05) is 48.5 Å². The number of ether oxygens (including phenoxy) is 2. The van der Waals surface area contributed by atoms with E-state index in [-0.39, 0.29) is 18.2 Å². The van der Waals surface area contributed by atoms with Crippen molar-refractivity contribution in [2.45, 2.75) is 38.0 Å². The second kappa shape index (κ2) is 9.46. The highest BCUT2D eigenvalue weighted by Gasteiger charge is 2.26. The number of nitrogens with zero attached hydrogens (tertiary/aromatic N) is 4. The molecule has 2 atom stereocenters. The van der Waals surface area contributed by atoms with Gasteiger partial charge < -0.3 is 14.8 Å². The molecular formula is C25H27N5O2. The fourth-order valence-electron chi connectivity index (χ4n) is 4.09. The lowest BCUT2D eigenvalue weighted by atomic mass is 10.0. The molecule has 2 unspecified atom stereocenters. The highest BCUT2D eigenvalue weighted by Crippen LogP contribution is 2.28. The minimum absolute atomic E-state index is 0.00171. The molecule has 5 rings (SSSR count). The summed E-state index contributed by atoms with van der Waals surface area (Å²) in [6.45, 7) is 3.64. The Balaban J connectivity index is 1.40. The first kappa shape index (κ1) is 20.6. The SMILES string of the molecule is CC(Nc1ccc2nnc(-c3ccccc3)n2n1)C(OC1CCOCC1)c1ccccc1. The molecule has 7 nitrogen and oxygen atoms in total. The second-order valence-electron chi connectivity index (χ2n) is 8.09. The fourth-order valence-corrected chi connectivity index (χ4v) is 4.09. The van der Waals surface area contributed by atoms with Crippen LogP contribution in [-0.4, -0.2) is 45.2 Å². The molecule has 1 fully saturated rings. The van der Waals surface area contributed by atoms with Gasteiger partial charge in [-0.1, -0.05) is 60.7 Å². The molecule has 0 radical (unpaired) electrons. The molecule has 1 aliphatic rings. The predicted molar refractivity (Wildman–Crippen MR) is 123 cm³/mol. The van der Waals surface area contributed by atoms with Crippen LogP contribution in [0.2, 0.25) is 0 Å². The lowest BCUT2D eigenvalue weighted by Crippen LogP contribution is -2.33. The van der Waals surface area contributed by atoms with E-state index < -0.39 is 0 Å². The molecule has 1 aliphatic heterocycles. The van der Waals surface area contributed by atoms with Crippen LogP contribution in [0.3, 0.4) is 0 Å². The molecule has 1 saturated heterocycles. The maximum absolute atomic E-state index is 6.58. The van der Waals surface area contributed by atoms with Gasteiger partial charge in [-0.25, -0.2) is 0 Å². The Morgan fingerprint density at radius 3 is 2.41 bits per heavy atom. The zero-order valence-corrected chi connectivity index (χ0v) is 18.1. The number of hydrogen-bond acceptors (Lipinski definition) is 6. The van der Waals surface area contributed by atoms with Gasteiger partial charge in [-0.15, -0.1) is 15.3 Å². The van der Waals surface area contributed by atoms with Gasteiger partial charge in [-0.05, 0) is 37.5 Å². The molecule has 1 N–H and O–H groups in total. The minimum Gasteiger partial charge on any atom is -0.381 e. The molecule has 0 bridgehead atoms. The Hall–Kier alpha value is -3.29. The Morgan fingerprint density at radius 1 is 0.938 bits per heavy atom. The molecule has 4 aromatic rings. The zero-order chi connectivity index (χ0) is 21.8. The smallest absolute Gasteiger partial charge is 0.185 e. The van der Waals surface area contributed by atoms with Crippen molar-refractivity contribution in [3.63, 3.8) is 0 Å². The Labute approximate surface area is 187 Å². The molecule has 164 valence electrons. The van der Waals surface area contributed by atoms with Crippen molar-refractivity contribution in [3.05, 3.63) is 78.4 Å². The maximum atomic E-state index is 6.58. The third-order valence-corrected chi connectivity index (χ3v) is 5.76. The second-order valence-corrected chi connectivity index (χ2v) is 8.09. The first-order valence-electron chi connectivity index (χ1n) is 11.1. The van der Waals surface area contributed by atoms with E-state index >= 15 is 0 Å². The largest absolute Gasteiger partial charge is 0.381 e. The van der Waals surface area contributed by atoms with Gasteiger partial charge in [0, 0.05) is 18.8 Å². The van der Waals surface area contributed by atoms with Gasteiger partial charge in [0.05, 0.1) is 12.1 Å². The van der Waals surface area contributed by atoms with Crippen molar-refractivity contribution in [1.82, 2.24) is 19.8 Å². The van der Waals surface area contributed by atoms with Crippen LogP contribution in [0.15, 0.2) is 72.8 Å². The summed E-state index contributed by atoms with van der Waals surface area (Å²) in [7, 11) is 0. The summed E-state index contributed by atoms with van der Waals surface area (Å²) in [5.74, 6) is 1.47. The number of rotatable bonds is 7. The van der Waals surface area contributed by atoms with Gasteiger partial charge in [-0.2, -0.15) is 4.52 Å². The molecule has 2 aromatic carbocycles. The van der Waals surface area contributed by atoms with Crippen LogP contribution in [-0.2, 0) is 9.47 Å². The van der Waals surface area contributed by atoms with Crippen LogP contribution >= 0.6 is 0 Å². The highest BCUT2D eigenvalue weighted by atomic mass is 16.5. The summed E-state index contributed by atoms with van der Waals surface area (Å²) in [6, 6.07) is 24.2. The molecule has 0 aliphatic carbocycles. The van der Waals surface area contributed by atoms with Gasteiger partial charge >= 0.3 is 0 Å². The van der Waals surface area contributed by atoms with Gasteiger partial charge in [0.2, 0.25) is 0 Å². The van der Waals surface area contributed by atoms with E-state index in [1.165, 1.54) is 0 Å². The molecule has 0 saturated carbocycles. The number of anilines is 1. The van der Waals surface area contributed by atoms with Crippen molar-refractivity contribution in [1.29, 1.82) is 0 Å². The van der Waals surface area contributed by atoms with Crippen LogP contribution in [0.1, 0.15) is 31.4 Å². The molecule has 2 aromatic heterocycles. The van der Waals surface area contributed by atoms with Gasteiger partial charge in [-0.3, -0.25) is 0 Å². The molecule has 0 amide bonds. The average molecular weight is 430 g/mol. The minimum atomic E-state index is -0.105. The summed E-state index contributed by atoms with van der Waals surface area (Å²) in [5, 5.41) is 16.9. The van der Waals surface area contributed by atoms with Crippen molar-refractivity contribution in [2.75, 3.05) is 18.5 Å². The number of fused-ring (bicyclic) bond motifs is 1. The third kappa shape index (κ3) is 4.49. The average Bonchev–Trinajstić information content (AvgIpc) is 3.27. The number of nitrogens with one attached hydrogen (secondary N) is 1. The van der Waals surface area contributed by atoms with Crippen molar-refractivity contribution in [2.24, 2.45) is 0 Å². The topological polar surface area (TPSA) is 73.6 Å². The van der Waals surface area contributed by atoms with E-state index in [9.17, 15) is 0 Å². The van der Waals surface area contributed by atoms with Crippen LogP contribution in [0.5, 0.6) is 0 Å². The first-order chi connectivity index (χ1) is 15.8. The van der Waals surface area contributed by atoms with Crippen molar-refractivity contribution < 1.29 is 9.47 Å². The van der Waals surface area contributed by atoms with Gasteiger partial charge in [0.15, 0.2) is 11.5 Å². The summed E-state index contributed by atoms with van der Waals surface area (Å²) in [6.07, 6.45) is 1.92. The van der Waals surface area contributed by atoms with E-state index in [1.54, 1.807) is 4.52 Å². The summed E-state index contributed by atoms with van der Waals surface area (Å²) >= 11 is 0. The van der Waals surface area contributed by atoms with E-state index in [4.69, 9.17) is 14.6 Å². The number of benzene rings is 2. The first-order valence-corrected chi connectivity index (χ1v) is 11.1. The standard InChI is InChI=1S/C25H27N5O2/c1-18(24(19-8-4-2-5-9-19)32-21-14-16-31-17-15-21)26-22-12-13-23-27-28-25(30(23)29-22)20-10-6-3-7-11-20/h2-13,18,21,24H,14-17H2,1H3,(H,26,29). The van der Waals surface area contributed by atoms with E-state index in [0.717, 1.165) is 48.8 Å². The Morgan fingerprint density at radius 2 is 1.66 bits per heavy atom. The van der Waals surface area contributed by atoms with Crippen LogP contribution in [0.4, 0.5) is 5.82 Å². The van der Waals surface area contributed by atoms with Gasteiger partial charge in [0.25, 0.3) is 0 Å². The van der Waals surface area contributed by atoms with Crippen molar-refractivity contribution in [3.8, 4) is 11.4 Å². The van der Waals surface area contributed by atoms with Crippen LogP contribution < -0.4 is 5.32 Å². The lowest BCUT2D eigenvalue weighted by molar-refractivity contribution is -0.0739. The van der Waals surface area contributed by atoms with Crippen LogP contribution in [0, 0.1) is 0 Å². The monoisotopic (exact) mass is 429 g/mol. The highest BCUT2D eigenvalue weighted by molar-refractivity contribution is 5.59. The Bertz CT molecular complexity index is 1140. The van der Waals surface area contributed by atoms with Crippen molar-refractivity contribution >= 4 is 11.5 Å². The molecule has 32 heavy (non-hydrogen) atoms. The van der Waals surface area contributed by atoms with Gasteiger partial charge in [0.1, 0.15) is 11.9 Å². The molecule has 3 heterocycles. The van der Waals surface area contributed by atoms with E-state index in [0.29, 0.717) is 5.65 Å². The summed E-state index contributed by atoms with van der Waals surface area (Å²) < 4.78 is 13.9. The molecule has 0 spiro atoms. The maximum Gasteiger partial charge on any atom is 0.185 e. The molecule has 7 heteroatoms. The number of hydrogen-bond donors (Lipinski definition) is 1. The predicted octanol–water partition coefficient (Wildman–Crippen LogP) is 4.53. The normalized spacial score (nSPS) is 16.7. The fraction of sp³-hybridized carbons (Fsp3) is 0.320. The lowest BCUT2D eigenvalue weighted by Gasteiger charge is -2.32. The Kier molecular flexibility index (Phi) is 6.09. The quantitative estimate of drug-likeness (QED) is 0.465. The number of aromatic nitrogens is 4. The zero-order valence-electron chi connectivity index (χ0n) is 18.1. The summed E-state index contributed by atoms with van der Waals surface area (Å²) in [5.41, 5.74) is 2.83. The third-order valence-electron chi connectivity index (χ3n) is 5.76. The molecular weight excluding hydrogens is 402 g/mol. The van der Waals surface area contributed by atoms with Crippen LogP contribution in [0.25, 0.3) is 17.0 Å². The van der Waals surface area contributed by atoms with E-state index in [2.05, 4.69) is 46.7 Å². The summed E-state index contributed by atoms with van der Waals surface area (Å²) in [4.78, 5) is 0.